The van der Waals surface area contributed by atoms with Gasteiger partial charge in [0.2, 0.25) is 0 Å². The number of hydrogen-bond acceptors (Lipinski definition) is 4. The molecule has 0 spiro atoms. The molecule has 0 heterocycles. The van der Waals surface area contributed by atoms with Crippen LogP contribution >= 0.6 is 11.6 Å². The van der Waals surface area contributed by atoms with Crippen molar-refractivity contribution in [3.05, 3.63) is 23.2 Å². The molecule has 0 fully saturated rings. The zero-order chi connectivity index (χ0) is 10.6. The maximum atomic E-state index is 10.8. The van der Waals surface area contributed by atoms with E-state index in [1.165, 1.54) is 13.2 Å². The van der Waals surface area contributed by atoms with Crippen molar-refractivity contribution in [2.24, 2.45) is 0 Å². The minimum absolute atomic E-state index is 0.00130. The highest BCUT2D eigenvalue weighted by Gasteiger charge is 2.04. The Hall–Kier alpha value is -1.42. The van der Waals surface area contributed by atoms with E-state index in [-0.39, 0.29) is 12.3 Å². The van der Waals surface area contributed by atoms with E-state index in [0.29, 0.717) is 10.7 Å². The summed E-state index contributed by atoms with van der Waals surface area (Å²) in [5, 5.41) is 12.5. The van der Waals surface area contributed by atoms with Gasteiger partial charge >= 0.3 is 5.97 Å². The quantitative estimate of drug-likeness (QED) is 0.595. The van der Waals surface area contributed by atoms with Gasteiger partial charge in [0.05, 0.1) is 12.8 Å². The van der Waals surface area contributed by atoms with Crippen LogP contribution in [0.4, 0.5) is 5.69 Å². The van der Waals surface area contributed by atoms with E-state index in [4.69, 9.17) is 11.6 Å². The number of nitrogens with one attached hydrogen (secondary N) is 1. The maximum absolute atomic E-state index is 10.8. The third-order valence-corrected chi connectivity index (χ3v) is 1.85. The number of ether oxygens (including phenoxy) is 1. The van der Waals surface area contributed by atoms with E-state index in [0.717, 1.165) is 0 Å². The number of carbonyl (C=O) groups excluding carboxylic acids is 1. The number of benzene rings is 1. The predicted octanol–water partition coefficient (Wildman–Crippen LogP) is 1.63. The molecule has 0 bridgehead atoms. The van der Waals surface area contributed by atoms with Crippen LogP contribution < -0.4 is 5.32 Å². The van der Waals surface area contributed by atoms with Gasteiger partial charge in [-0.05, 0) is 12.1 Å². The third-order valence-electron chi connectivity index (χ3n) is 1.61. The Labute approximate surface area is 86.4 Å². The Balaban J connectivity index is 2.63. The van der Waals surface area contributed by atoms with Gasteiger partial charge < -0.3 is 15.2 Å². The van der Waals surface area contributed by atoms with Crippen LogP contribution in [0.5, 0.6) is 5.75 Å². The summed E-state index contributed by atoms with van der Waals surface area (Å²) < 4.78 is 4.43. The summed E-state index contributed by atoms with van der Waals surface area (Å²) in [6.07, 6.45) is 0. The van der Waals surface area contributed by atoms with Gasteiger partial charge in [0, 0.05) is 11.1 Å². The molecule has 14 heavy (non-hydrogen) atoms. The molecule has 76 valence electrons. The average Bonchev–Trinajstić information content (AvgIpc) is 2.16. The summed E-state index contributed by atoms with van der Waals surface area (Å²) in [6.45, 7) is 0.00565. The molecule has 2 N–H and O–H groups in total. The van der Waals surface area contributed by atoms with Crippen molar-refractivity contribution < 1.29 is 14.6 Å². The van der Waals surface area contributed by atoms with Gasteiger partial charge in [0.15, 0.2) is 0 Å². The van der Waals surface area contributed by atoms with Crippen LogP contribution in [0.2, 0.25) is 5.02 Å². The van der Waals surface area contributed by atoms with E-state index in [9.17, 15) is 9.90 Å². The number of aromatic hydroxyl groups is 1. The van der Waals surface area contributed by atoms with Crippen molar-refractivity contribution in [1.29, 1.82) is 0 Å². The first kappa shape index (κ1) is 10.7. The molecule has 4 nitrogen and oxygen atoms in total. The Morgan fingerprint density at radius 3 is 2.93 bits per heavy atom. The maximum Gasteiger partial charge on any atom is 0.325 e. The number of halogens is 1. The summed E-state index contributed by atoms with van der Waals surface area (Å²) in [7, 11) is 1.30. The lowest BCUT2D eigenvalue weighted by molar-refractivity contribution is -0.138. The Kier molecular flexibility index (Phi) is 3.59. The van der Waals surface area contributed by atoms with Gasteiger partial charge in [-0.15, -0.1) is 0 Å². The Morgan fingerprint density at radius 2 is 2.36 bits per heavy atom. The fourth-order valence-electron chi connectivity index (χ4n) is 0.894. The van der Waals surface area contributed by atoms with Crippen LogP contribution in [-0.2, 0) is 9.53 Å². The molecule has 0 radical (unpaired) electrons. The molecule has 0 unspecified atom stereocenters. The highest BCUT2D eigenvalue weighted by molar-refractivity contribution is 6.30. The van der Waals surface area contributed by atoms with Crippen molar-refractivity contribution >= 4 is 23.3 Å². The molecule has 0 saturated carbocycles. The number of phenolic OH excluding ortho intramolecular Hbond substituents is 1. The molecule has 5 heteroatoms. The lowest BCUT2D eigenvalue weighted by Gasteiger charge is -2.06. The van der Waals surface area contributed by atoms with Gasteiger partial charge in [-0.2, -0.15) is 0 Å². The van der Waals surface area contributed by atoms with Gasteiger partial charge in [0.25, 0.3) is 0 Å². The normalized spacial score (nSPS) is 9.57. The van der Waals surface area contributed by atoms with Crippen molar-refractivity contribution in [3.63, 3.8) is 0 Å². The standard InChI is InChI=1S/C9H10ClNO3/c1-14-9(13)5-11-7-3-2-6(10)4-8(7)12/h2-4,11-12H,5H2,1H3. The molecule has 1 aromatic rings. The summed E-state index contributed by atoms with van der Waals surface area (Å²) >= 11 is 5.63. The van der Waals surface area contributed by atoms with E-state index in [2.05, 4.69) is 10.1 Å². The van der Waals surface area contributed by atoms with E-state index in [1.54, 1.807) is 12.1 Å². The monoisotopic (exact) mass is 215 g/mol. The summed E-state index contributed by atoms with van der Waals surface area (Å²) in [5.74, 6) is -0.402. The SMILES string of the molecule is COC(=O)CNc1ccc(Cl)cc1O. The second-order valence-corrected chi connectivity index (χ2v) is 3.03. The number of methoxy groups -OCH3 is 1. The van der Waals surface area contributed by atoms with E-state index < -0.39 is 5.97 Å². The predicted molar refractivity (Wildman–Crippen MR) is 53.6 cm³/mol. The molecule has 1 rings (SSSR count). The largest absolute Gasteiger partial charge is 0.506 e. The van der Waals surface area contributed by atoms with Crippen LogP contribution in [0, 0.1) is 0 Å². The second-order valence-electron chi connectivity index (χ2n) is 2.59. The zero-order valence-electron chi connectivity index (χ0n) is 7.58. The van der Waals surface area contributed by atoms with Gasteiger partial charge in [-0.3, -0.25) is 4.79 Å². The molecule has 0 aliphatic heterocycles. The first-order chi connectivity index (χ1) is 6.63. The summed E-state index contributed by atoms with van der Waals surface area (Å²) in [6, 6.07) is 4.59. The minimum Gasteiger partial charge on any atom is -0.506 e. The molecule has 0 aromatic heterocycles. The van der Waals surface area contributed by atoms with Crippen molar-refractivity contribution in [1.82, 2.24) is 0 Å². The number of anilines is 1. The number of esters is 1. The fraction of sp³-hybridized carbons (Fsp3) is 0.222. The van der Waals surface area contributed by atoms with E-state index in [1.807, 2.05) is 0 Å². The number of carbonyl (C=O) groups is 1. The van der Waals surface area contributed by atoms with Crippen LogP contribution in [0.25, 0.3) is 0 Å². The summed E-state index contributed by atoms with van der Waals surface area (Å²) in [5.41, 5.74) is 0.444. The van der Waals surface area contributed by atoms with Crippen LogP contribution in [0.1, 0.15) is 0 Å². The van der Waals surface area contributed by atoms with Crippen molar-refractivity contribution in [2.75, 3.05) is 19.0 Å². The van der Waals surface area contributed by atoms with Crippen LogP contribution in [0.3, 0.4) is 0 Å². The highest BCUT2D eigenvalue weighted by atomic mass is 35.5. The molecule has 0 aliphatic rings. The van der Waals surface area contributed by atoms with Crippen molar-refractivity contribution in [3.8, 4) is 5.75 Å². The van der Waals surface area contributed by atoms with Gasteiger partial charge in [-0.25, -0.2) is 0 Å². The number of phenols is 1. The molecule has 0 amide bonds. The van der Waals surface area contributed by atoms with Crippen molar-refractivity contribution in [2.45, 2.75) is 0 Å². The number of rotatable bonds is 3. The topological polar surface area (TPSA) is 58.6 Å². The average molecular weight is 216 g/mol. The summed E-state index contributed by atoms with van der Waals surface area (Å²) in [4.78, 5) is 10.8. The van der Waals surface area contributed by atoms with E-state index >= 15 is 0 Å². The minimum atomic E-state index is -0.403. The lowest BCUT2D eigenvalue weighted by atomic mass is 10.3. The smallest absolute Gasteiger partial charge is 0.325 e. The Bertz CT molecular complexity index is 341. The molecule has 1 aromatic carbocycles. The zero-order valence-corrected chi connectivity index (χ0v) is 8.34. The second kappa shape index (κ2) is 4.72. The molecule has 0 atom stereocenters. The molecule has 0 saturated heterocycles. The first-order valence-electron chi connectivity index (χ1n) is 3.92. The molecular weight excluding hydrogens is 206 g/mol. The Morgan fingerprint density at radius 1 is 1.64 bits per heavy atom. The molecular formula is C9H10ClNO3. The van der Waals surface area contributed by atoms with Gasteiger partial charge in [0.1, 0.15) is 12.3 Å². The highest BCUT2D eigenvalue weighted by Crippen LogP contribution is 2.26. The fourth-order valence-corrected chi connectivity index (χ4v) is 1.06. The lowest BCUT2D eigenvalue weighted by Crippen LogP contribution is -2.14. The van der Waals surface area contributed by atoms with Crippen LogP contribution in [-0.4, -0.2) is 24.7 Å². The molecule has 0 aliphatic carbocycles. The van der Waals surface area contributed by atoms with Gasteiger partial charge in [-0.1, -0.05) is 11.6 Å². The third kappa shape index (κ3) is 2.81. The first-order valence-corrected chi connectivity index (χ1v) is 4.30. The van der Waals surface area contributed by atoms with Crippen LogP contribution in [0.15, 0.2) is 18.2 Å². The number of hydrogen-bond donors (Lipinski definition) is 2.